The Morgan fingerprint density at radius 2 is 2.09 bits per heavy atom. The topological polar surface area (TPSA) is 59.1 Å². The normalized spacial score (nSPS) is 17.7. The van der Waals surface area contributed by atoms with Crippen molar-refractivity contribution in [3.63, 3.8) is 0 Å². The van der Waals surface area contributed by atoms with Gasteiger partial charge in [-0.2, -0.15) is 0 Å². The van der Waals surface area contributed by atoms with Gasteiger partial charge in [0.25, 0.3) is 0 Å². The van der Waals surface area contributed by atoms with Crippen molar-refractivity contribution >= 4 is 34.8 Å². The fourth-order valence-corrected chi connectivity index (χ4v) is 5.14. The fraction of sp³-hybridized carbons (Fsp3) is 0.500. The number of carbonyl (C=O) groups excluding carboxylic acids is 2. The highest BCUT2D eigenvalue weighted by Gasteiger charge is 2.35. The van der Waals surface area contributed by atoms with E-state index >= 15 is 0 Å². The maximum absolute atomic E-state index is 13.4. The van der Waals surface area contributed by atoms with Gasteiger partial charge in [0.15, 0.2) is 0 Å². The third kappa shape index (κ3) is 5.45. The van der Waals surface area contributed by atoms with Crippen LogP contribution in [0.3, 0.4) is 0 Å². The molecule has 6 nitrogen and oxygen atoms in total. The first-order chi connectivity index (χ1) is 15.5. The van der Waals surface area contributed by atoms with Gasteiger partial charge in [-0.1, -0.05) is 11.6 Å². The SMILES string of the molecule is COCC(=O)N(CC(=O)N1CCc2sccc2C1COc1ccc(Cl)c(C)c1)CC1CC1. The van der Waals surface area contributed by atoms with Crippen molar-refractivity contribution in [2.75, 3.05) is 40.0 Å². The summed E-state index contributed by atoms with van der Waals surface area (Å²) in [6.45, 7) is 3.61. The molecule has 2 heterocycles. The summed E-state index contributed by atoms with van der Waals surface area (Å²) < 4.78 is 11.1. The molecule has 4 rings (SSSR count). The number of benzene rings is 1. The number of hydrogen-bond acceptors (Lipinski definition) is 5. The summed E-state index contributed by atoms with van der Waals surface area (Å²) in [5.41, 5.74) is 2.08. The summed E-state index contributed by atoms with van der Waals surface area (Å²) in [6.07, 6.45) is 3.05. The van der Waals surface area contributed by atoms with Crippen LogP contribution < -0.4 is 4.74 Å². The Bertz CT molecular complexity index is 975. The summed E-state index contributed by atoms with van der Waals surface area (Å²) >= 11 is 7.85. The van der Waals surface area contributed by atoms with Gasteiger partial charge in [-0.05, 0) is 72.9 Å². The summed E-state index contributed by atoms with van der Waals surface area (Å²) in [5.74, 6) is 1.05. The van der Waals surface area contributed by atoms with E-state index in [0.717, 1.165) is 36.1 Å². The molecule has 32 heavy (non-hydrogen) atoms. The molecule has 8 heteroatoms. The minimum Gasteiger partial charge on any atom is -0.491 e. The van der Waals surface area contributed by atoms with Crippen molar-refractivity contribution < 1.29 is 19.1 Å². The zero-order chi connectivity index (χ0) is 22.7. The molecule has 1 aliphatic heterocycles. The second kappa shape index (κ2) is 10.2. The minimum atomic E-state index is -0.186. The number of ether oxygens (including phenoxy) is 2. The summed E-state index contributed by atoms with van der Waals surface area (Å²) in [5, 5.41) is 2.77. The smallest absolute Gasteiger partial charge is 0.249 e. The van der Waals surface area contributed by atoms with Crippen LogP contribution in [0.2, 0.25) is 5.02 Å². The first kappa shape index (κ1) is 23.1. The molecule has 0 bridgehead atoms. The summed E-state index contributed by atoms with van der Waals surface area (Å²) in [6, 6.07) is 7.47. The Kier molecular flexibility index (Phi) is 7.38. The van der Waals surface area contributed by atoms with E-state index in [9.17, 15) is 9.59 Å². The predicted octanol–water partition coefficient (Wildman–Crippen LogP) is 4.10. The van der Waals surface area contributed by atoms with Crippen LogP contribution in [0.25, 0.3) is 0 Å². The average Bonchev–Trinajstić information content (AvgIpc) is 3.46. The lowest BCUT2D eigenvalue weighted by Crippen LogP contribution is -2.48. The molecule has 0 saturated heterocycles. The van der Waals surface area contributed by atoms with Crippen molar-refractivity contribution in [1.82, 2.24) is 9.80 Å². The van der Waals surface area contributed by atoms with E-state index in [0.29, 0.717) is 30.6 Å². The molecule has 0 radical (unpaired) electrons. The third-order valence-electron chi connectivity index (χ3n) is 6.07. The molecule has 2 aliphatic rings. The first-order valence-corrected chi connectivity index (χ1v) is 12.2. The minimum absolute atomic E-state index is 0.00284. The number of rotatable bonds is 9. The van der Waals surface area contributed by atoms with Crippen LogP contribution in [0.15, 0.2) is 29.6 Å². The summed E-state index contributed by atoms with van der Waals surface area (Å²) in [4.78, 5) is 30.7. The molecular formula is C24H29ClN2O4S. The van der Waals surface area contributed by atoms with E-state index in [1.807, 2.05) is 30.0 Å². The quantitative estimate of drug-likeness (QED) is 0.546. The van der Waals surface area contributed by atoms with E-state index in [-0.39, 0.29) is 31.0 Å². The molecule has 0 spiro atoms. The van der Waals surface area contributed by atoms with Gasteiger partial charge in [0.2, 0.25) is 11.8 Å². The lowest BCUT2D eigenvalue weighted by atomic mass is 10.0. The number of nitrogens with zero attached hydrogens (tertiary/aromatic N) is 2. The van der Waals surface area contributed by atoms with Crippen LogP contribution >= 0.6 is 22.9 Å². The largest absolute Gasteiger partial charge is 0.491 e. The molecule has 1 aliphatic carbocycles. The second-order valence-corrected chi connectivity index (χ2v) is 9.93. The van der Waals surface area contributed by atoms with Crippen LogP contribution in [0, 0.1) is 12.8 Å². The number of hydrogen-bond donors (Lipinski definition) is 0. The molecule has 2 aromatic rings. The maximum Gasteiger partial charge on any atom is 0.249 e. The molecule has 1 fully saturated rings. The number of aryl methyl sites for hydroxylation is 1. The van der Waals surface area contributed by atoms with Crippen molar-refractivity contribution in [2.45, 2.75) is 32.2 Å². The lowest BCUT2D eigenvalue weighted by Gasteiger charge is -2.37. The fourth-order valence-electron chi connectivity index (χ4n) is 4.09. The highest BCUT2D eigenvalue weighted by atomic mass is 35.5. The molecular weight excluding hydrogens is 448 g/mol. The number of carbonyl (C=O) groups is 2. The van der Waals surface area contributed by atoms with E-state index < -0.39 is 0 Å². The van der Waals surface area contributed by atoms with Crippen molar-refractivity contribution in [3.8, 4) is 5.75 Å². The van der Waals surface area contributed by atoms with Crippen molar-refractivity contribution in [1.29, 1.82) is 0 Å². The molecule has 1 unspecified atom stereocenters. The molecule has 172 valence electrons. The van der Waals surface area contributed by atoms with E-state index in [4.69, 9.17) is 21.1 Å². The van der Waals surface area contributed by atoms with Gasteiger partial charge in [0.05, 0.1) is 12.6 Å². The monoisotopic (exact) mass is 476 g/mol. The standard InChI is InChI=1S/C24H29ClN2O4S/c1-16-11-18(5-6-20(16)25)31-14-21-19-8-10-32-22(19)7-9-27(21)23(28)13-26(12-17-3-4-17)24(29)15-30-2/h5-6,8,10-11,17,21H,3-4,7,9,12-15H2,1-2H3. The second-order valence-electron chi connectivity index (χ2n) is 8.52. The molecule has 1 aromatic heterocycles. The van der Waals surface area contributed by atoms with E-state index in [1.165, 1.54) is 12.0 Å². The third-order valence-corrected chi connectivity index (χ3v) is 7.50. The van der Waals surface area contributed by atoms with Crippen LogP contribution in [0.5, 0.6) is 5.75 Å². The van der Waals surface area contributed by atoms with Gasteiger partial charge in [-0.3, -0.25) is 9.59 Å². The zero-order valence-electron chi connectivity index (χ0n) is 18.5. The zero-order valence-corrected chi connectivity index (χ0v) is 20.1. The Morgan fingerprint density at radius 3 is 2.81 bits per heavy atom. The first-order valence-electron chi connectivity index (χ1n) is 11.0. The number of halogens is 1. The van der Waals surface area contributed by atoms with E-state index in [1.54, 1.807) is 16.2 Å². The Balaban J connectivity index is 1.49. The highest BCUT2D eigenvalue weighted by molar-refractivity contribution is 7.10. The highest BCUT2D eigenvalue weighted by Crippen LogP contribution is 2.35. The average molecular weight is 477 g/mol. The van der Waals surface area contributed by atoms with Gasteiger partial charge in [-0.25, -0.2) is 0 Å². The van der Waals surface area contributed by atoms with Crippen LogP contribution in [-0.4, -0.2) is 61.6 Å². The van der Waals surface area contributed by atoms with Crippen LogP contribution in [-0.2, 0) is 20.7 Å². The van der Waals surface area contributed by atoms with Crippen molar-refractivity contribution in [3.05, 3.63) is 50.7 Å². The Morgan fingerprint density at radius 1 is 1.28 bits per heavy atom. The molecule has 1 atom stereocenters. The Labute approximate surface area is 198 Å². The van der Waals surface area contributed by atoms with Gasteiger partial charge < -0.3 is 19.3 Å². The number of thiophene rings is 1. The number of methoxy groups -OCH3 is 1. The van der Waals surface area contributed by atoms with E-state index in [2.05, 4.69) is 11.4 Å². The maximum atomic E-state index is 13.4. The predicted molar refractivity (Wildman–Crippen MR) is 125 cm³/mol. The van der Waals surface area contributed by atoms with Gasteiger partial charge >= 0.3 is 0 Å². The molecule has 0 N–H and O–H groups in total. The van der Waals surface area contributed by atoms with Crippen LogP contribution in [0.4, 0.5) is 0 Å². The van der Waals surface area contributed by atoms with Crippen LogP contribution in [0.1, 0.15) is 34.9 Å². The molecule has 2 amide bonds. The van der Waals surface area contributed by atoms with Gasteiger partial charge in [-0.15, -0.1) is 11.3 Å². The van der Waals surface area contributed by atoms with Gasteiger partial charge in [0.1, 0.15) is 19.0 Å². The summed E-state index contributed by atoms with van der Waals surface area (Å²) in [7, 11) is 1.50. The number of amides is 2. The number of fused-ring (bicyclic) bond motifs is 1. The Hall–Kier alpha value is -2.09. The molecule has 1 aromatic carbocycles. The molecule has 1 saturated carbocycles. The van der Waals surface area contributed by atoms with Gasteiger partial charge in [0, 0.05) is 30.1 Å². The van der Waals surface area contributed by atoms with Crippen molar-refractivity contribution in [2.24, 2.45) is 5.92 Å². The lowest BCUT2D eigenvalue weighted by molar-refractivity contribution is -0.144.